The van der Waals surface area contributed by atoms with Gasteiger partial charge in [0.05, 0.1) is 6.42 Å². The molecule has 0 saturated carbocycles. The molecule has 0 aliphatic carbocycles. The molecule has 0 aliphatic heterocycles. The van der Waals surface area contributed by atoms with Crippen LogP contribution in [0.15, 0.2) is 0 Å². The molecule has 0 radical (unpaired) electrons. The number of carboxylic acid groups (broad SMARTS) is 1. The van der Waals surface area contributed by atoms with E-state index in [4.69, 9.17) is 5.11 Å². The molecular formula is C12H25NO2. The molecule has 0 heterocycles. The first-order valence-corrected chi connectivity index (χ1v) is 5.91. The molecule has 0 rings (SSSR count). The smallest absolute Gasteiger partial charge is 0.304 e. The van der Waals surface area contributed by atoms with Gasteiger partial charge in [0, 0.05) is 12.1 Å². The standard InChI is InChI=1S/C12H25NO2/c1-6-11(9(3)4)13(7-2)10(5)8-12(14)15/h9-11H,6-8H2,1-5H3,(H,14,15). The van der Waals surface area contributed by atoms with Crippen LogP contribution in [0.2, 0.25) is 0 Å². The fourth-order valence-electron chi connectivity index (χ4n) is 2.33. The first-order valence-electron chi connectivity index (χ1n) is 5.91. The van der Waals surface area contributed by atoms with E-state index in [0.29, 0.717) is 12.0 Å². The van der Waals surface area contributed by atoms with Crippen LogP contribution in [-0.2, 0) is 4.79 Å². The number of hydrogen-bond donors (Lipinski definition) is 1. The molecule has 0 fully saturated rings. The van der Waals surface area contributed by atoms with E-state index < -0.39 is 5.97 Å². The van der Waals surface area contributed by atoms with Gasteiger partial charge in [-0.2, -0.15) is 0 Å². The molecule has 0 saturated heterocycles. The van der Waals surface area contributed by atoms with Crippen LogP contribution in [0.5, 0.6) is 0 Å². The fraction of sp³-hybridized carbons (Fsp3) is 0.917. The number of rotatable bonds is 7. The van der Waals surface area contributed by atoms with Gasteiger partial charge < -0.3 is 5.11 Å². The van der Waals surface area contributed by atoms with Crippen LogP contribution in [-0.4, -0.2) is 34.6 Å². The second-order valence-corrected chi connectivity index (χ2v) is 4.50. The van der Waals surface area contributed by atoms with Gasteiger partial charge in [0.1, 0.15) is 0 Å². The van der Waals surface area contributed by atoms with Crippen LogP contribution in [0.3, 0.4) is 0 Å². The molecule has 0 spiro atoms. The highest BCUT2D eigenvalue weighted by Crippen LogP contribution is 2.18. The Balaban J connectivity index is 4.49. The zero-order valence-corrected chi connectivity index (χ0v) is 10.7. The number of aliphatic carboxylic acids is 1. The fourth-order valence-corrected chi connectivity index (χ4v) is 2.33. The lowest BCUT2D eigenvalue weighted by atomic mass is 9.97. The molecule has 3 heteroatoms. The highest BCUT2D eigenvalue weighted by Gasteiger charge is 2.24. The van der Waals surface area contributed by atoms with Gasteiger partial charge in [-0.05, 0) is 25.8 Å². The van der Waals surface area contributed by atoms with Crippen LogP contribution < -0.4 is 0 Å². The lowest BCUT2D eigenvalue weighted by molar-refractivity contribution is -0.138. The molecule has 2 atom stereocenters. The van der Waals surface area contributed by atoms with Gasteiger partial charge in [-0.15, -0.1) is 0 Å². The Bertz CT molecular complexity index is 192. The van der Waals surface area contributed by atoms with Crippen molar-refractivity contribution in [3.8, 4) is 0 Å². The zero-order valence-electron chi connectivity index (χ0n) is 10.7. The van der Waals surface area contributed by atoms with E-state index in [0.717, 1.165) is 13.0 Å². The minimum absolute atomic E-state index is 0.125. The Kier molecular flexibility index (Phi) is 6.57. The highest BCUT2D eigenvalue weighted by atomic mass is 16.4. The topological polar surface area (TPSA) is 40.5 Å². The number of hydrogen-bond acceptors (Lipinski definition) is 2. The van der Waals surface area contributed by atoms with E-state index in [2.05, 4.69) is 32.6 Å². The van der Waals surface area contributed by atoms with Crippen molar-refractivity contribution in [2.24, 2.45) is 5.92 Å². The van der Waals surface area contributed by atoms with E-state index in [9.17, 15) is 4.79 Å². The number of carboxylic acids is 1. The summed E-state index contributed by atoms with van der Waals surface area (Å²) in [5.74, 6) is -0.134. The average Bonchev–Trinajstić information content (AvgIpc) is 2.11. The SMILES string of the molecule is CCC(C(C)C)N(CC)C(C)CC(=O)O. The maximum Gasteiger partial charge on any atom is 0.304 e. The second-order valence-electron chi connectivity index (χ2n) is 4.50. The predicted molar refractivity (Wildman–Crippen MR) is 63.0 cm³/mol. The third-order valence-corrected chi connectivity index (χ3v) is 3.02. The first-order chi connectivity index (χ1) is 6.93. The summed E-state index contributed by atoms with van der Waals surface area (Å²) in [5.41, 5.74) is 0. The molecule has 0 amide bonds. The monoisotopic (exact) mass is 215 g/mol. The van der Waals surface area contributed by atoms with Crippen LogP contribution in [0, 0.1) is 5.92 Å². The molecule has 0 aliphatic rings. The van der Waals surface area contributed by atoms with Gasteiger partial charge in [0.15, 0.2) is 0 Å². The third-order valence-electron chi connectivity index (χ3n) is 3.02. The Morgan fingerprint density at radius 2 is 1.80 bits per heavy atom. The molecule has 0 aromatic carbocycles. The van der Waals surface area contributed by atoms with Crippen molar-refractivity contribution < 1.29 is 9.90 Å². The third kappa shape index (κ3) is 4.65. The van der Waals surface area contributed by atoms with Crippen LogP contribution in [0.4, 0.5) is 0 Å². The van der Waals surface area contributed by atoms with Crippen molar-refractivity contribution in [1.29, 1.82) is 0 Å². The molecular weight excluding hydrogens is 190 g/mol. The summed E-state index contributed by atoms with van der Waals surface area (Å²) >= 11 is 0. The first kappa shape index (κ1) is 14.4. The van der Waals surface area contributed by atoms with E-state index in [1.807, 2.05) is 6.92 Å². The summed E-state index contributed by atoms with van der Waals surface area (Å²) < 4.78 is 0. The molecule has 0 aromatic heterocycles. The molecule has 0 bridgehead atoms. The van der Waals surface area contributed by atoms with E-state index >= 15 is 0 Å². The van der Waals surface area contributed by atoms with Crippen LogP contribution in [0.1, 0.15) is 47.5 Å². The lowest BCUT2D eigenvalue weighted by Gasteiger charge is -2.37. The van der Waals surface area contributed by atoms with Gasteiger partial charge in [0.2, 0.25) is 0 Å². The predicted octanol–water partition coefficient (Wildman–Crippen LogP) is 2.61. The highest BCUT2D eigenvalue weighted by molar-refractivity contribution is 5.67. The minimum atomic E-state index is -0.709. The number of nitrogens with zero attached hydrogens (tertiary/aromatic N) is 1. The summed E-state index contributed by atoms with van der Waals surface area (Å²) in [4.78, 5) is 13.0. The Morgan fingerprint density at radius 3 is 2.07 bits per heavy atom. The average molecular weight is 215 g/mol. The molecule has 90 valence electrons. The van der Waals surface area contributed by atoms with Crippen molar-refractivity contribution in [3.63, 3.8) is 0 Å². The van der Waals surface area contributed by atoms with Crippen molar-refractivity contribution in [2.45, 2.75) is 59.5 Å². The maximum atomic E-state index is 10.7. The van der Waals surface area contributed by atoms with Crippen molar-refractivity contribution in [1.82, 2.24) is 4.90 Å². The zero-order chi connectivity index (χ0) is 12.0. The van der Waals surface area contributed by atoms with Crippen LogP contribution in [0.25, 0.3) is 0 Å². The summed E-state index contributed by atoms with van der Waals surface area (Å²) in [6.45, 7) is 11.6. The van der Waals surface area contributed by atoms with Crippen molar-refractivity contribution in [2.75, 3.05) is 6.54 Å². The van der Waals surface area contributed by atoms with Gasteiger partial charge >= 0.3 is 5.97 Å². The summed E-state index contributed by atoms with van der Waals surface area (Å²) in [5, 5.41) is 8.79. The second kappa shape index (κ2) is 6.83. The Labute approximate surface area is 93.5 Å². The van der Waals surface area contributed by atoms with E-state index in [-0.39, 0.29) is 12.5 Å². The van der Waals surface area contributed by atoms with Gasteiger partial charge in [-0.3, -0.25) is 9.69 Å². The maximum absolute atomic E-state index is 10.7. The molecule has 1 N–H and O–H groups in total. The lowest BCUT2D eigenvalue weighted by Crippen LogP contribution is -2.45. The van der Waals surface area contributed by atoms with Gasteiger partial charge in [-0.25, -0.2) is 0 Å². The van der Waals surface area contributed by atoms with Crippen molar-refractivity contribution >= 4 is 5.97 Å². The normalized spacial score (nSPS) is 15.7. The Morgan fingerprint density at radius 1 is 1.27 bits per heavy atom. The summed E-state index contributed by atoms with van der Waals surface area (Å²) in [7, 11) is 0. The largest absolute Gasteiger partial charge is 0.481 e. The molecule has 0 aromatic rings. The van der Waals surface area contributed by atoms with Crippen LogP contribution >= 0.6 is 0 Å². The van der Waals surface area contributed by atoms with E-state index in [1.54, 1.807) is 0 Å². The molecule has 15 heavy (non-hydrogen) atoms. The van der Waals surface area contributed by atoms with Crippen molar-refractivity contribution in [3.05, 3.63) is 0 Å². The Hall–Kier alpha value is -0.570. The molecule has 2 unspecified atom stereocenters. The van der Waals surface area contributed by atoms with E-state index in [1.165, 1.54) is 0 Å². The van der Waals surface area contributed by atoms with Gasteiger partial charge in [-0.1, -0.05) is 27.7 Å². The number of carbonyl (C=O) groups is 1. The van der Waals surface area contributed by atoms with Gasteiger partial charge in [0.25, 0.3) is 0 Å². The molecule has 3 nitrogen and oxygen atoms in total. The summed E-state index contributed by atoms with van der Waals surface area (Å²) in [6, 6.07) is 0.615. The summed E-state index contributed by atoms with van der Waals surface area (Å²) in [6.07, 6.45) is 1.31. The minimum Gasteiger partial charge on any atom is -0.481 e. The quantitative estimate of drug-likeness (QED) is 0.709.